The van der Waals surface area contributed by atoms with Crippen molar-refractivity contribution < 1.29 is 0 Å². The van der Waals surface area contributed by atoms with Crippen LogP contribution in [0.4, 0.5) is 5.69 Å². The normalized spacial score (nSPS) is 10.5. The number of anilines is 1. The van der Waals surface area contributed by atoms with Gasteiger partial charge in [0.15, 0.2) is 0 Å². The van der Waals surface area contributed by atoms with Crippen LogP contribution < -0.4 is 5.32 Å². The van der Waals surface area contributed by atoms with E-state index in [0.29, 0.717) is 12.3 Å². The Kier molecular flexibility index (Phi) is 7.47. The SMILES string of the molecule is C=CCNc1c(CCCCC)cc(-c2cnc(C)nc2)cc1C(=N)C(=C)C. The van der Waals surface area contributed by atoms with Gasteiger partial charge in [0.2, 0.25) is 0 Å². The van der Waals surface area contributed by atoms with E-state index in [1.807, 2.05) is 38.4 Å². The van der Waals surface area contributed by atoms with Gasteiger partial charge in [-0.05, 0) is 55.5 Å². The van der Waals surface area contributed by atoms with Crippen LogP contribution in [0, 0.1) is 12.3 Å². The molecule has 4 nitrogen and oxygen atoms in total. The van der Waals surface area contributed by atoms with Gasteiger partial charge in [-0.15, -0.1) is 6.58 Å². The van der Waals surface area contributed by atoms with Crippen molar-refractivity contribution in [2.75, 3.05) is 11.9 Å². The van der Waals surface area contributed by atoms with Gasteiger partial charge < -0.3 is 5.32 Å². The van der Waals surface area contributed by atoms with Gasteiger partial charge >= 0.3 is 0 Å². The Labute approximate surface area is 163 Å². The van der Waals surface area contributed by atoms with Crippen molar-refractivity contribution in [1.82, 2.24) is 9.97 Å². The molecule has 27 heavy (non-hydrogen) atoms. The Morgan fingerprint density at radius 2 is 1.89 bits per heavy atom. The van der Waals surface area contributed by atoms with E-state index in [9.17, 15) is 0 Å². The molecule has 0 aliphatic heterocycles. The highest BCUT2D eigenvalue weighted by Gasteiger charge is 2.16. The fourth-order valence-corrected chi connectivity index (χ4v) is 2.98. The maximum atomic E-state index is 8.57. The zero-order valence-electron chi connectivity index (χ0n) is 16.7. The van der Waals surface area contributed by atoms with Crippen molar-refractivity contribution >= 4 is 11.4 Å². The Morgan fingerprint density at radius 1 is 1.19 bits per heavy atom. The molecular weight excluding hydrogens is 332 g/mol. The summed E-state index contributed by atoms with van der Waals surface area (Å²) >= 11 is 0. The van der Waals surface area contributed by atoms with Crippen LogP contribution in [0.15, 0.2) is 49.3 Å². The maximum Gasteiger partial charge on any atom is 0.125 e. The van der Waals surface area contributed by atoms with E-state index in [1.54, 1.807) is 0 Å². The summed E-state index contributed by atoms with van der Waals surface area (Å²) in [5.74, 6) is 0.751. The zero-order chi connectivity index (χ0) is 19.8. The quantitative estimate of drug-likeness (QED) is 0.322. The molecule has 0 fully saturated rings. The van der Waals surface area contributed by atoms with Crippen molar-refractivity contribution in [3.8, 4) is 11.1 Å². The number of aromatic nitrogens is 2. The number of allylic oxidation sites excluding steroid dienone is 1. The fraction of sp³-hybridized carbons (Fsp3) is 0.348. The van der Waals surface area contributed by atoms with E-state index in [4.69, 9.17) is 5.41 Å². The number of nitrogens with zero attached hydrogens (tertiary/aromatic N) is 2. The third-order valence-corrected chi connectivity index (χ3v) is 4.50. The average Bonchev–Trinajstić information content (AvgIpc) is 2.66. The standard InChI is InChI=1S/C23H30N4/c1-6-8-9-10-18-12-19(20-14-26-17(5)27-15-20)13-21(22(24)16(3)4)23(18)25-11-7-2/h7,12-15,24-25H,2-3,6,8-11H2,1,4-5H3. The minimum absolute atomic E-state index is 0.452. The highest BCUT2D eigenvalue weighted by molar-refractivity contribution is 6.14. The van der Waals surface area contributed by atoms with Gasteiger partial charge in [-0.3, -0.25) is 5.41 Å². The zero-order valence-corrected chi connectivity index (χ0v) is 16.7. The summed E-state index contributed by atoms with van der Waals surface area (Å²) in [6.45, 7) is 14.4. The Balaban J connectivity index is 2.60. The van der Waals surface area contributed by atoms with E-state index in [0.717, 1.165) is 46.6 Å². The predicted molar refractivity (Wildman–Crippen MR) is 116 cm³/mol. The van der Waals surface area contributed by atoms with Crippen molar-refractivity contribution in [3.05, 3.63) is 66.3 Å². The van der Waals surface area contributed by atoms with E-state index < -0.39 is 0 Å². The van der Waals surface area contributed by atoms with Crippen molar-refractivity contribution in [2.24, 2.45) is 0 Å². The van der Waals surface area contributed by atoms with Crippen LogP contribution in [-0.2, 0) is 6.42 Å². The molecule has 0 aliphatic carbocycles. The molecule has 2 aromatic rings. The van der Waals surface area contributed by atoms with Crippen LogP contribution in [0.2, 0.25) is 0 Å². The minimum Gasteiger partial charge on any atom is -0.381 e. The van der Waals surface area contributed by atoms with Crippen molar-refractivity contribution in [2.45, 2.75) is 46.5 Å². The lowest BCUT2D eigenvalue weighted by molar-refractivity contribution is 0.718. The third kappa shape index (κ3) is 5.36. The van der Waals surface area contributed by atoms with Crippen LogP contribution in [0.5, 0.6) is 0 Å². The summed E-state index contributed by atoms with van der Waals surface area (Å²) in [6, 6.07) is 4.24. The summed E-state index contributed by atoms with van der Waals surface area (Å²) in [6.07, 6.45) is 9.97. The monoisotopic (exact) mass is 362 g/mol. The van der Waals surface area contributed by atoms with Crippen LogP contribution in [0.3, 0.4) is 0 Å². The molecule has 0 saturated heterocycles. The Hall–Kier alpha value is -2.75. The molecule has 4 heteroatoms. The van der Waals surface area contributed by atoms with Crippen LogP contribution in [-0.4, -0.2) is 22.2 Å². The van der Waals surface area contributed by atoms with Crippen molar-refractivity contribution in [1.29, 1.82) is 5.41 Å². The summed E-state index contributed by atoms with van der Waals surface area (Å²) in [5, 5.41) is 12.0. The van der Waals surface area contributed by atoms with E-state index in [1.165, 1.54) is 18.4 Å². The number of aryl methyl sites for hydroxylation is 2. The second-order valence-corrected chi connectivity index (χ2v) is 6.86. The lowest BCUT2D eigenvalue weighted by Gasteiger charge is -2.19. The number of rotatable bonds is 10. The van der Waals surface area contributed by atoms with Gasteiger partial charge in [-0.25, -0.2) is 9.97 Å². The predicted octanol–water partition coefficient (Wildman–Crippen LogP) is 5.73. The molecule has 1 aromatic heterocycles. The largest absolute Gasteiger partial charge is 0.381 e. The Morgan fingerprint density at radius 3 is 2.48 bits per heavy atom. The van der Waals surface area contributed by atoms with Gasteiger partial charge in [-0.2, -0.15) is 0 Å². The van der Waals surface area contributed by atoms with Gasteiger partial charge in [0.25, 0.3) is 0 Å². The minimum atomic E-state index is 0.452. The lowest BCUT2D eigenvalue weighted by Crippen LogP contribution is -2.11. The Bertz CT molecular complexity index is 819. The molecule has 0 spiro atoms. The van der Waals surface area contributed by atoms with Gasteiger partial charge in [-0.1, -0.05) is 32.4 Å². The second-order valence-electron chi connectivity index (χ2n) is 6.86. The van der Waals surface area contributed by atoms with Gasteiger partial charge in [0.1, 0.15) is 5.82 Å². The average molecular weight is 363 g/mol. The number of hydrogen-bond acceptors (Lipinski definition) is 4. The molecule has 1 aromatic carbocycles. The molecule has 0 atom stereocenters. The molecule has 142 valence electrons. The molecule has 0 saturated carbocycles. The van der Waals surface area contributed by atoms with Crippen LogP contribution in [0.1, 0.15) is 50.1 Å². The number of hydrogen-bond donors (Lipinski definition) is 2. The highest BCUT2D eigenvalue weighted by atomic mass is 14.9. The van der Waals surface area contributed by atoms with Gasteiger partial charge in [0, 0.05) is 35.8 Å². The molecule has 0 bridgehead atoms. The molecular formula is C23H30N4. The second kappa shape index (κ2) is 9.81. The fourth-order valence-electron chi connectivity index (χ4n) is 2.98. The molecule has 2 rings (SSSR count). The van der Waals surface area contributed by atoms with Crippen LogP contribution >= 0.6 is 0 Å². The molecule has 0 aliphatic rings. The molecule has 1 heterocycles. The molecule has 0 amide bonds. The number of benzene rings is 1. The molecule has 0 radical (unpaired) electrons. The maximum absolute atomic E-state index is 8.57. The first-order valence-electron chi connectivity index (χ1n) is 9.53. The highest BCUT2D eigenvalue weighted by Crippen LogP contribution is 2.31. The van der Waals surface area contributed by atoms with E-state index >= 15 is 0 Å². The van der Waals surface area contributed by atoms with Crippen LogP contribution in [0.25, 0.3) is 11.1 Å². The number of unbranched alkanes of at least 4 members (excludes halogenated alkanes) is 2. The van der Waals surface area contributed by atoms with Gasteiger partial charge in [0.05, 0.1) is 5.71 Å². The van der Waals surface area contributed by atoms with E-state index in [2.05, 4.69) is 41.4 Å². The molecule has 2 N–H and O–H groups in total. The topological polar surface area (TPSA) is 61.7 Å². The smallest absolute Gasteiger partial charge is 0.125 e. The summed E-state index contributed by atoms with van der Waals surface area (Å²) in [5.41, 5.74) is 6.28. The molecule has 0 unspecified atom stereocenters. The lowest BCUT2D eigenvalue weighted by atomic mass is 9.92. The third-order valence-electron chi connectivity index (χ3n) is 4.50. The number of nitrogens with one attached hydrogen (secondary N) is 2. The first-order valence-corrected chi connectivity index (χ1v) is 9.53. The summed E-state index contributed by atoms with van der Waals surface area (Å²) in [7, 11) is 0. The first-order chi connectivity index (χ1) is 13.0. The van der Waals surface area contributed by atoms with E-state index in [-0.39, 0.29) is 0 Å². The van der Waals surface area contributed by atoms with Crippen molar-refractivity contribution in [3.63, 3.8) is 0 Å². The summed E-state index contributed by atoms with van der Waals surface area (Å²) < 4.78 is 0. The summed E-state index contributed by atoms with van der Waals surface area (Å²) in [4.78, 5) is 8.66. The first kappa shape index (κ1) is 20.6.